The molecule has 2 N–H and O–H groups in total. The molecule has 6 heteroatoms. The zero-order chi connectivity index (χ0) is 18.7. The second kappa shape index (κ2) is 5.09. The molecule has 1 aromatic rings. The third-order valence-corrected chi connectivity index (χ3v) is 4.80. The van der Waals surface area contributed by atoms with Crippen molar-refractivity contribution >= 4 is 17.5 Å². The van der Waals surface area contributed by atoms with Gasteiger partial charge in [-0.05, 0) is 40.7 Å². The number of anilines is 1. The van der Waals surface area contributed by atoms with Gasteiger partial charge in [-0.3, -0.25) is 14.5 Å². The zero-order valence-corrected chi connectivity index (χ0v) is 15.1. The first-order valence-electron chi connectivity index (χ1n) is 8.28. The van der Waals surface area contributed by atoms with E-state index in [1.807, 2.05) is 40.7 Å². The minimum atomic E-state index is -1.67. The van der Waals surface area contributed by atoms with E-state index in [4.69, 9.17) is 5.73 Å². The molecule has 0 bridgehead atoms. The van der Waals surface area contributed by atoms with Crippen LogP contribution >= 0.6 is 0 Å². The molecule has 0 radical (unpaired) electrons. The molecule has 2 heterocycles. The van der Waals surface area contributed by atoms with E-state index in [1.54, 1.807) is 23.1 Å². The molecular weight excluding hydrogens is 316 g/mol. The van der Waals surface area contributed by atoms with Crippen LogP contribution in [0.1, 0.15) is 40.2 Å². The maximum Gasteiger partial charge on any atom is 0.254 e. The molecular formula is C19H22N4O2. The van der Waals surface area contributed by atoms with Gasteiger partial charge in [0.1, 0.15) is 11.9 Å². The van der Waals surface area contributed by atoms with Gasteiger partial charge < -0.3 is 10.6 Å². The molecule has 130 valence electrons. The van der Waals surface area contributed by atoms with Crippen molar-refractivity contribution in [1.29, 1.82) is 5.26 Å². The molecule has 0 aliphatic carbocycles. The summed E-state index contributed by atoms with van der Waals surface area (Å²) < 4.78 is 0. The highest BCUT2D eigenvalue weighted by molar-refractivity contribution is 6.26. The number of rotatable bonds is 1. The number of nitrogens with two attached hydrogens (primary N) is 1. The summed E-state index contributed by atoms with van der Waals surface area (Å²) in [6.45, 7) is 9.26. The van der Waals surface area contributed by atoms with Crippen molar-refractivity contribution in [3.8, 4) is 6.07 Å². The van der Waals surface area contributed by atoms with Gasteiger partial charge in [0.05, 0.1) is 5.57 Å². The van der Waals surface area contributed by atoms with Crippen LogP contribution in [0, 0.1) is 11.3 Å². The van der Waals surface area contributed by atoms with Gasteiger partial charge in [0.15, 0.2) is 5.41 Å². The van der Waals surface area contributed by atoms with Crippen molar-refractivity contribution < 1.29 is 9.59 Å². The summed E-state index contributed by atoms with van der Waals surface area (Å²) in [6.07, 6.45) is 0. The zero-order valence-electron chi connectivity index (χ0n) is 15.1. The van der Waals surface area contributed by atoms with E-state index in [0.717, 1.165) is 0 Å². The van der Waals surface area contributed by atoms with Gasteiger partial charge in [-0.25, -0.2) is 0 Å². The lowest BCUT2D eigenvalue weighted by molar-refractivity contribution is -0.140. The third kappa shape index (κ3) is 1.89. The Morgan fingerprint density at radius 3 is 2.28 bits per heavy atom. The molecule has 0 saturated heterocycles. The Labute approximate surface area is 147 Å². The lowest BCUT2D eigenvalue weighted by Crippen LogP contribution is -2.53. The average molecular weight is 338 g/mol. The first-order chi connectivity index (χ1) is 11.6. The Morgan fingerprint density at radius 1 is 1.16 bits per heavy atom. The largest absolute Gasteiger partial charge is 0.384 e. The Kier molecular flexibility index (Phi) is 3.47. The van der Waals surface area contributed by atoms with E-state index in [1.165, 1.54) is 4.90 Å². The quantitative estimate of drug-likeness (QED) is 0.793. The molecule has 3 rings (SSSR count). The second-order valence-corrected chi connectivity index (χ2v) is 7.72. The van der Waals surface area contributed by atoms with Crippen LogP contribution < -0.4 is 10.6 Å². The predicted molar refractivity (Wildman–Crippen MR) is 94.2 cm³/mol. The van der Waals surface area contributed by atoms with Gasteiger partial charge in [-0.15, -0.1) is 0 Å². The van der Waals surface area contributed by atoms with E-state index in [-0.39, 0.29) is 17.4 Å². The molecule has 1 atom stereocenters. The Bertz CT molecular complexity index is 857. The van der Waals surface area contributed by atoms with E-state index in [2.05, 4.69) is 6.07 Å². The fraction of sp³-hybridized carbons (Fsp3) is 0.421. The van der Waals surface area contributed by atoms with E-state index >= 15 is 0 Å². The van der Waals surface area contributed by atoms with Crippen molar-refractivity contribution in [2.24, 2.45) is 5.73 Å². The summed E-state index contributed by atoms with van der Waals surface area (Å²) in [7, 11) is 0. The topological polar surface area (TPSA) is 90.4 Å². The summed E-state index contributed by atoms with van der Waals surface area (Å²) in [5, 5.41) is 9.79. The molecule has 2 aliphatic heterocycles. The number of nitrogens with zero attached hydrogens (tertiary/aromatic N) is 3. The lowest BCUT2D eigenvalue weighted by Gasteiger charge is -2.34. The highest BCUT2D eigenvalue weighted by Gasteiger charge is 2.66. The van der Waals surface area contributed by atoms with Crippen LogP contribution in [0.25, 0.3) is 0 Å². The van der Waals surface area contributed by atoms with Gasteiger partial charge in [-0.1, -0.05) is 18.2 Å². The Hall–Kier alpha value is -2.81. The number of carbonyl (C=O) groups is 2. The van der Waals surface area contributed by atoms with Crippen molar-refractivity contribution in [3.05, 3.63) is 41.2 Å². The summed E-state index contributed by atoms with van der Waals surface area (Å²) in [4.78, 5) is 29.9. The van der Waals surface area contributed by atoms with Crippen molar-refractivity contribution in [2.45, 2.75) is 51.6 Å². The number of amides is 2. The highest BCUT2D eigenvalue weighted by atomic mass is 16.2. The minimum absolute atomic E-state index is 0.0213. The Balaban J connectivity index is 2.38. The van der Waals surface area contributed by atoms with Crippen LogP contribution in [0.15, 0.2) is 35.7 Å². The van der Waals surface area contributed by atoms with Gasteiger partial charge in [0.25, 0.3) is 11.8 Å². The summed E-state index contributed by atoms with van der Waals surface area (Å²) in [6, 6.07) is 9.05. The van der Waals surface area contributed by atoms with Crippen LogP contribution in [0.3, 0.4) is 0 Å². The number of fused-ring (bicyclic) bond motifs is 2. The first kappa shape index (κ1) is 17.0. The third-order valence-electron chi connectivity index (χ3n) is 4.80. The molecule has 1 spiro atoms. The van der Waals surface area contributed by atoms with Gasteiger partial charge in [0, 0.05) is 22.8 Å². The fourth-order valence-electron chi connectivity index (χ4n) is 3.86. The van der Waals surface area contributed by atoms with E-state index < -0.39 is 22.8 Å². The van der Waals surface area contributed by atoms with Gasteiger partial charge >= 0.3 is 0 Å². The van der Waals surface area contributed by atoms with Crippen LogP contribution in [-0.2, 0) is 15.0 Å². The molecule has 0 fully saturated rings. The van der Waals surface area contributed by atoms with Crippen molar-refractivity contribution in [3.63, 3.8) is 0 Å². The first-order valence-corrected chi connectivity index (χ1v) is 8.28. The van der Waals surface area contributed by atoms with Gasteiger partial charge in [0.2, 0.25) is 0 Å². The maximum absolute atomic E-state index is 13.5. The summed E-state index contributed by atoms with van der Waals surface area (Å²) >= 11 is 0. The molecule has 0 aromatic heterocycles. The molecule has 6 nitrogen and oxygen atoms in total. The molecule has 2 aliphatic rings. The second-order valence-electron chi connectivity index (χ2n) is 7.72. The molecule has 2 amide bonds. The maximum atomic E-state index is 13.5. The number of carbonyl (C=O) groups excluding carboxylic acids is 2. The normalized spacial score (nSPS) is 23.1. The Morgan fingerprint density at radius 2 is 1.76 bits per heavy atom. The van der Waals surface area contributed by atoms with Crippen LogP contribution in [-0.4, -0.2) is 28.3 Å². The number of benzene rings is 1. The average Bonchev–Trinajstić information content (AvgIpc) is 2.90. The van der Waals surface area contributed by atoms with Crippen molar-refractivity contribution in [2.75, 3.05) is 4.90 Å². The van der Waals surface area contributed by atoms with Crippen molar-refractivity contribution in [1.82, 2.24) is 4.90 Å². The number of hydrogen-bond donors (Lipinski definition) is 1. The lowest BCUT2D eigenvalue weighted by atomic mass is 9.76. The standard InChI is InChI=1S/C19H22N4O2/c1-11(2)22-14-9-7-6-8-12(14)19(16(22)24)13(10-20)15(21)23(17(19)25)18(3,4)5/h6-9,11H,21H2,1-5H3. The molecule has 1 aromatic carbocycles. The number of hydrogen-bond acceptors (Lipinski definition) is 4. The molecule has 25 heavy (non-hydrogen) atoms. The minimum Gasteiger partial charge on any atom is -0.384 e. The smallest absolute Gasteiger partial charge is 0.254 e. The number of para-hydroxylation sites is 1. The van der Waals surface area contributed by atoms with E-state index in [9.17, 15) is 14.9 Å². The van der Waals surface area contributed by atoms with E-state index in [0.29, 0.717) is 11.3 Å². The van der Waals surface area contributed by atoms with Crippen LogP contribution in [0.4, 0.5) is 5.69 Å². The number of nitriles is 1. The SMILES string of the molecule is CC(C)N1C(=O)C2(C(=O)N(C(C)(C)C)C(N)=C2C#N)c2ccccc21. The highest BCUT2D eigenvalue weighted by Crippen LogP contribution is 2.52. The van der Waals surface area contributed by atoms with Crippen LogP contribution in [0.2, 0.25) is 0 Å². The summed E-state index contributed by atoms with van der Waals surface area (Å²) in [5.41, 5.74) is 5.09. The van der Waals surface area contributed by atoms with Crippen LogP contribution in [0.5, 0.6) is 0 Å². The molecule has 1 unspecified atom stereocenters. The summed E-state index contributed by atoms with van der Waals surface area (Å²) in [5.74, 6) is -0.789. The fourth-order valence-corrected chi connectivity index (χ4v) is 3.86. The predicted octanol–water partition coefficient (Wildman–Crippen LogP) is 2.01. The van der Waals surface area contributed by atoms with Gasteiger partial charge in [-0.2, -0.15) is 5.26 Å². The molecule has 0 saturated carbocycles. The monoisotopic (exact) mass is 338 g/mol.